The Morgan fingerprint density at radius 1 is 1.43 bits per heavy atom. The van der Waals surface area contributed by atoms with Crippen molar-refractivity contribution in [1.82, 2.24) is 9.55 Å². The van der Waals surface area contributed by atoms with Gasteiger partial charge in [-0.1, -0.05) is 11.6 Å². The van der Waals surface area contributed by atoms with Gasteiger partial charge >= 0.3 is 5.69 Å². The Labute approximate surface area is 126 Å². The van der Waals surface area contributed by atoms with Crippen LogP contribution in [-0.2, 0) is 11.3 Å². The molecule has 0 bridgehead atoms. The molecule has 0 spiro atoms. The highest BCUT2D eigenvalue weighted by molar-refractivity contribution is 6.31. The number of nitrogens with one attached hydrogen (secondary N) is 1. The highest BCUT2D eigenvalue weighted by Crippen LogP contribution is 2.22. The molecular formula is C14H15ClN4O2. The van der Waals surface area contributed by atoms with Crippen LogP contribution in [0.15, 0.2) is 41.5 Å². The molecule has 0 fully saturated rings. The van der Waals surface area contributed by atoms with E-state index in [1.54, 1.807) is 30.5 Å². The SMILES string of the molecule is Nc1cc(Cl)ccc1NC(=O)CCCn1cccnc1=O. The number of hydrogen-bond donors (Lipinski definition) is 2. The monoisotopic (exact) mass is 306 g/mol. The van der Waals surface area contributed by atoms with Gasteiger partial charge in [-0.05, 0) is 30.7 Å². The van der Waals surface area contributed by atoms with Crippen LogP contribution in [0.2, 0.25) is 5.02 Å². The Morgan fingerprint density at radius 3 is 2.95 bits per heavy atom. The highest BCUT2D eigenvalue weighted by Gasteiger charge is 2.06. The molecule has 2 rings (SSSR count). The van der Waals surface area contributed by atoms with Gasteiger partial charge in [0.1, 0.15) is 0 Å². The summed E-state index contributed by atoms with van der Waals surface area (Å²) in [6, 6.07) is 6.56. The summed E-state index contributed by atoms with van der Waals surface area (Å²) in [5, 5.41) is 3.23. The van der Waals surface area contributed by atoms with Crippen molar-refractivity contribution >= 4 is 28.9 Å². The number of aromatic nitrogens is 2. The van der Waals surface area contributed by atoms with Crippen LogP contribution in [0.1, 0.15) is 12.8 Å². The van der Waals surface area contributed by atoms with Crippen LogP contribution in [0, 0.1) is 0 Å². The van der Waals surface area contributed by atoms with Crippen LogP contribution in [0.4, 0.5) is 11.4 Å². The minimum absolute atomic E-state index is 0.166. The molecule has 0 unspecified atom stereocenters. The lowest BCUT2D eigenvalue weighted by atomic mass is 10.2. The molecule has 0 saturated heterocycles. The zero-order valence-corrected chi connectivity index (χ0v) is 12.0. The number of nitrogens with two attached hydrogens (primary N) is 1. The molecule has 0 aliphatic carbocycles. The zero-order valence-electron chi connectivity index (χ0n) is 11.3. The van der Waals surface area contributed by atoms with Crippen LogP contribution in [0.5, 0.6) is 0 Å². The van der Waals surface area contributed by atoms with Crippen molar-refractivity contribution in [2.45, 2.75) is 19.4 Å². The molecule has 6 nitrogen and oxygen atoms in total. The van der Waals surface area contributed by atoms with E-state index in [0.717, 1.165) is 0 Å². The molecule has 2 aromatic rings. The summed E-state index contributed by atoms with van der Waals surface area (Å²) in [5.41, 5.74) is 6.38. The van der Waals surface area contributed by atoms with E-state index in [4.69, 9.17) is 17.3 Å². The number of nitrogen functional groups attached to an aromatic ring is 1. The number of carbonyl (C=O) groups excluding carboxylic acids is 1. The van der Waals surface area contributed by atoms with Crippen molar-refractivity contribution < 1.29 is 4.79 Å². The Bertz CT molecular complexity index is 699. The first-order valence-corrected chi connectivity index (χ1v) is 6.80. The molecule has 110 valence electrons. The van der Waals surface area contributed by atoms with Crippen LogP contribution >= 0.6 is 11.6 Å². The predicted octanol–water partition coefficient (Wildman–Crippen LogP) is 1.90. The van der Waals surface area contributed by atoms with Crippen molar-refractivity contribution in [1.29, 1.82) is 0 Å². The molecule has 0 atom stereocenters. The molecule has 1 amide bonds. The van der Waals surface area contributed by atoms with Gasteiger partial charge in [-0.3, -0.25) is 9.36 Å². The number of carbonyl (C=O) groups is 1. The van der Waals surface area contributed by atoms with E-state index in [-0.39, 0.29) is 18.0 Å². The third kappa shape index (κ3) is 4.32. The first kappa shape index (κ1) is 15.1. The second-order valence-electron chi connectivity index (χ2n) is 4.48. The zero-order chi connectivity index (χ0) is 15.2. The molecule has 0 aliphatic heterocycles. The Hall–Kier alpha value is -2.34. The van der Waals surface area contributed by atoms with E-state index in [2.05, 4.69) is 10.3 Å². The fourth-order valence-corrected chi connectivity index (χ4v) is 2.01. The van der Waals surface area contributed by atoms with Crippen molar-refractivity contribution in [3.63, 3.8) is 0 Å². The number of anilines is 2. The third-order valence-corrected chi connectivity index (χ3v) is 3.11. The topological polar surface area (TPSA) is 90.0 Å². The van der Waals surface area contributed by atoms with Crippen LogP contribution in [-0.4, -0.2) is 15.5 Å². The van der Waals surface area contributed by atoms with E-state index >= 15 is 0 Å². The van der Waals surface area contributed by atoms with Crippen molar-refractivity contribution in [3.05, 3.63) is 52.2 Å². The van der Waals surface area contributed by atoms with Gasteiger partial charge in [0, 0.05) is 30.4 Å². The summed E-state index contributed by atoms with van der Waals surface area (Å²) in [5.74, 6) is -0.166. The summed E-state index contributed by atoms with van der Waals surface area (Å²) < 4.78 is 1.46. The largest absolute Gasteiger partial charge is 0.397 e. The third-order valence-electron chi connectivity index (χ3n) is 2.87. The summed E-state index contributed by atoms with van der Waals surface area (Å²) in [6.07, 6.45) is 3.90. The number of hydrogen-bond acceptors (Lipinski definition) is 4. The van der Waals surface area contributed by atoms with Gasteiger partial charge in [-0.15, -0.1) is 0 Å². The van der Waals surface area contributed by atoms with Gasteiger partial charge in [-0.2, -0.15) is 0 Å². The average molecular weight is 307 g/mol. The normalized spacial score (nSPS) is 10.3. The van der Waals surface area contributed by atoms with Gasteiger partial charge < -0.3 is 11.1 Å². The van der Waals surface area contributed by atoms with E-state index in [1.165, 1.54) is 10.8 Å². The summed E-state index contributed by atoms with van der Waals surface area (Å²) in [6.45, 7) is 0.441. The van der Waals surface area contributed by atoms with Crippen molar-refractivity contribution in [2.75, 3.05) is 11.1 Å². The molecule has 0 radical (unpaired) electrons. The number of aryl methyl sites for hydroxylation is 1. The minimum atomic E-state index is -0.320. The fourth-order valence-electron chi connectivity index (χ4n) is 1.83. The smallest absolute Gasteiger partial charge is 0.347 e. The molecule has 1 aromatic heterocycles. The molecule has 1 aromatic carbocycles. The highest BCUT2D eigenvalue weighted by atomic mass is 35.5. The lowest BCUT2D eigenvalue weighted by Crippen LogP contribution is -2.22. The van der Waals surface area contributed by atoms with E-state index in [9.17, 15) is 9.59 Å². The Balaban J connectivity index is 1.85. The predicted molar refractivity (Wildman–Crippen MR) is 82.2 cm³/mol. The summed E-state index contributed by atoms with van der Waals surface area (Å²) in [7, 11) is 0. The van der Waals surface area contributed by atoms with Crippen molar-refractivity contribution in [3.8, 4) is 0 Å². The van der Waals surface area contributed by atoms with E-state index in [1.807, 2.05) is 0 Å². The molecular weight excluding hydrogens is 292 g/mol. The summed E-state index contributed by atoms with van der Waals surface area (Å²) >= 11 is 5.79. The number of rotatable bonds is 5. The second-order valence-corrected chi connectivity index (χ2v) is 4.92. The van der Waals surface area contributed by atoms with E-state index in [0.29, 0.717) is 29.4 Å². The van der Waals surface area contributed by atoms with Gasteiger partial charge in [0.25, 0.3) is 0 Å². The van der Waals surface area contributed by atoms with Crippen molar-refractivity contribution in [2.24, 2.45) is 0 Å². The first-order chi connectivity index (χ1) is 10.1. The van der Waals surface area contributed by atoms with Gasteiger partial charge in [0.2, 0.25) is 5.91 Å². The standard InChI is InChI=1S/C14H15ClN4O2/c15-10-4-5-12(11(16)9-10)18-13(20)3-1-7-19-8-2-6-17-14(19)21/h2,4-6,8-9H,1,3,7,16H2,(H,18,20). The molecule has 0 saturated carbocycles. The fraction of sp³-hybridized carbons (Fsp3) is 0.214. The molecule has 21 heavy (non-hydrogen) atoms. The second kappa shape index (κ2) is 6.90. The molecule has 1 heterocycles. The van der Waals surface area contributed by atoms with E-state index < -0.39 is 0 Å². The molecule has 7 heteroatoms. The first-order valence-electron chi connectivity index (χ1n) is 6.42. The van der Waals surface area contributed by atoms with Crippen LogP contribution in [0.25, 0.3) is 0 Å². The lowest BCUT2D eigenvalue weighted by molar-refractivity contribution is -0.116. The maximum atomic E-state index is 11.8. The summed E-state index contributed by atoms with van der Waals surface area (Å²) in [4.78, 5) is 26.8. The molecule has 0 aliphatic rings. The number of benzene rings is 1. The Kier molecular flexibility index (Phi) is 4.94. The quantitative estimate of drug-likeness (QED) is 0.826. The lowest BCUT2D eigenvalue weighted by Gasteiger charge is -2.08. The molecule has 3 N–H and O–H groups in total. The van der Waals surface area contributed by atoms with Gasteiger partial charge in [0.05, 0.1) is 11.4 Å². The number of nitrogens with zero attached hydrogens (tertiary/aromatic N) is 2. The maximum Gasteiger partial charge on any atom is 0.347 e. The van der Waals surface area contributed by atoms with Gasteiger partial charge in [0.15, 0.2) is 0 Å². The van der Waals surface area contributed by atoms with Gasteiger partial charge in [-0.25, -0.2) is 9.78 Å². The van der Waals surface area contributed by atoms with Crippen LogP contribution < -0.4 is 16.7 Å². The maximum absolute atomic E-state index is 11.8. The number of halogens is 1. The Morgan fingerprint density at radius 2 is 2.24 bits per heavy atom. The minimum Gasteiger partial charge on any atom is -0.397 e. The number of amides is 1. The average Bonchev–Trinajstić information content (AvgIpc) is 2.44. The van der Waals surface area contributed by atoms with Crippen LogP contribution in [0.3, 0.4) is 0 Å².